The summed E-state index contributed by atoms with van der Waals surface area (Å²) in [5, 5.41) is 0.0163. The number of H-pyrrole nitrogens is 1. The number of carbonyl (C=O) groups excluding carboxylic acids is 1. The summed E-state index contributed by atoms with van der Waals surface area (Å²) in [6.07, 6.45) is -4.88. The Morgan fingerprint density at radius 1 is 1.25 bits per heavy atom. The van der Waals surface area contributed by atoms with Crippen LogP contribution in [0.25, 0.3) is 5.69 Å². The number of ether oxygens (including phenoxy) is 1. The van der Waals surface area contributed by atoms with Gasteiger partial charge in [0.15, 0.2) is 0 Å². The third kappa shape index (κ3) is 6.82. The summed E-state index contributed by atoms with van der Waals surface area (Å²) < 4.78 is 55.5. The van der Waals surface area contributed by atoms with Crippen molar-refractivity contribution in [1.82, 2.24) is 14.5 Å². The van der Waals surface area contributed by atoms with Crippen molar-refractivity contribution in [1.29, 1.82) is 0 Å². The molecule has 1 aromatic carbocycles. The molecule has 1 N–H and O–H groups in total. The maximum atomic E-state index is 13.6. The standard InChI is InChI=1S/C11H5ClF4N2O2.C5H11NO2/c12-5-1-2-7(6(13)3-5)18-9(19)4-8(11(14,15)16)17-10(18)20;1-6(2)3-4-8-5-7/h1-4H,(H,17,20);5H,3-4H2,1-2H3. The van der Waals surface area contributed by atoms with Crippen molar-refractivity contribution >= 4 is 18.1 Å². The molecule has 0 bridgehead atoms. The lowest BCUT2D eigenvalue weighted by molar-refractivity contribution is -0.141. The van der Waals surface area contributed by atoms with Crippen LogP contribution in [0.2, 0.25) is 5.02 Å². The largest absolute Gasteiger partial charge is 0.467 e. The van der Waals surface area contributed by atoms with Gasteiger partial charge in [0.25, 0.3) is 12.0 Å². The summed E-state index contributed by atoms with van der Waals surface area (Å²) in [5.41, 5.74) is -4.69. The number of likely N-dealkylation sites (N-methyl/N-ethyl adjacent to an activating group) is 1. The van der Waals surface area contributed by atoms with Crippen LogP contribution in [0.5, 0.6) is 0 Å². The quantitative estimate of drug-likeness (QED) is 0.450. The summed E-state index contributed by atoms with van der Waals surface area (Å²) in [7, 11) is 3.85. The van der Waals surface area contributed by atoms with Gasteiger partial charge in [-0.2, -0.15) is 13.2 Å². The average molecular weight is 426 g/mol. The number of halogens is 5. The molecule has 2 aromatic rings. The fourth-order valence-electron chi connectivity index (χ4n) is 1.82. The van der Waals surface area contributed by atoms with E-state index >= 15 is 0 Å². The van der Waals surface area contributed by atoms with E-state index < -0.39 is 34.6 Å². The molecule has 0 aliphatic heterocycles. The number of rotatable bonds is 5. The highest BCUT2D eigenvalue weighted by atomic mass is 35.5. The van der Waals surface area contributed by atoms with Crippen LogP contribution in [0, 0.1) is 5.82 Å². The van der Waals surface area contributed by atoms with Crippen LogP contribution in [0.15, 0.2) is 33.9 Å². The monoisotopic (exact) mass is 425 g/mol. The Morgan fingerprint density at radius 3 is 2.36 bits per heavy atom. The van der Waals surface area contributed by atoms with Crippen molar-refractivity contribution in [2.45, 2.75) is 6.18 Å². The molecule has 7 nitrogen and oxygen atoms in total. The number of nitrogens with one attached hydrogen (secondary N) is 1. The number of hydrogen-bond donors (Lipinski definition) is 1. The van der Waals surface area contributed by atoms with Gasteiger partial charge in [-0.1, -0.05) is 11.6 Å². The topological polar surface area (TPSA) is 84.4 Å². The van der Waals surface area contributed by atoms with Crippen LogP contribution in [0.4, 0.5) is 17.6 Å². The molecule has 1 aromatic heterocycles. The van der Waals surface area contributed by atoms with E-state index in [1.165, 1.54) is 11.1 Å². The molecule has 0 aliphatic rings. The first kappa shape index (κ1) is 23.4. The summed E-state index contributed by atoms with van der Waals surface area (Å²) in [5.74, 6) is -1.01. The SMILES string of the molecule is CN(C)CCOC=O.O=c1cc(C(F)(F)F)[nH]c(=O)n1-c1ccc(Cl)cc1F. The zero-order valence-electron chi connectivity index (χ0n) is 14.7. The smallest absolute Gasteiger partial charge is 0.431 e. The van der Waals surface area contributed by atoms with E-state index in [0.717, 1.165) is 18.7 Å². The molecular weight excluding hydrogens is 410 g/mol. The predicted octanol–water partition coefficient (Wildman–Crippen LogP) is 2.06. The highest BCUT2D eigenvalue weighted by Gasteiger charge is 2.33. The number of hydrogen-bond acceptors (Lipinski definition) is 5. The first-order valence-electron chi connectivity index (χ1n) is 7.56. The van der Waals surface area contributed by atoms with Gasteiger partial charge in [-0.15, -0.1) is 0 Å². The van der Waals surface area contributed by atoms with Gasteiger partial charge in [-0.3, -0.25) is 9.59 Å². The van der Waals surface area contributed by atoms with Gasteiger partial charge >= 0.3 is 11.9 Å². The van der Waals surface area contributed by atoms with Gasteiger partial charge < -0.3 is 14.6 Å². The normalized spacial score (nSPS) is 11.0. The van der Waals surface area contributed by atoms with E-state index in [0.29, 0.717) is 13.1 Å². The first-order valence-corrected chi connectivity index (χ1v) is 7.94. The molecule has 2 rings (SSSR count). The lowest BCUT2D eigenvalue weighted by Gasteiger charge is -2.09. The number of aromatic amines is 1. The molecule has 0 saturated carbocycles. The Balaban J connectivity index is 0.000000416. The Hall–Kier alpha value is -2.66. The van der Waals surface area contributed by atoms with Crippen molar-refractivity contribution in [2.24, 2.45) is 0 Å². The average Bonchev–Trinajstić information content (AvgIpc) is 2.55. The Labute approximate surface area is 161 Å². The van der Waals surface area contributed by atoms with Gasteiger partial charge in [0, 0.05) is 17.6 Å². The molecule has 0 radical (unpaired) electrons. The van der Waals surface area contributed by atoms with Crippen LogP contribution < -0.4 is 11.2 Å². The van der Waals surface area contributed by atoms with E-state index in [1.54, 1.807) is 0 Å². The molecule has 28 heavy (non-hydrogen) atoms. The van der Waals surface area contributed by atoms with Crippen LogP contribution in [0.3, 0.4) is 0 Å². The lowest BCUT2D eigenvalue weighted by Crippen LogP contribution is -2.36. The minimum atomic E-state index is -4.88. The maximum Gasteiger partial charge on any atom is 0.431 e. The van der Waals surface area contributed by atoms with Gasteiger partial charge in [-0.25, -0.2) is 13.8 Å². The third-order valence-electron chi connectivity index (χ3n) is 3.11. The highest BCUT2D eigenvalue weighted by Crippen LogP contribution is 2.25. The summed E-state index contributed by atoms with van der Waals surface area (Å²) >= 11 is 5.51. The van der Waals surface area contributed by atoms with E-state index in [-0.39, 0.29) is 15.7 Å². The number of alkyl halides is 3. The Morgan fingerprint density at radius 2 is 1.89 bits per heavy atom. The minimum absolute atomic E-state index is 0.0163. The lowest BCUT2D eigenvalue weighted by atomic mass is 10.3. The fraction of sp³-hybridized carbons (Fsp3) is 0.312. The van der Waals surface area contributed by atoms with Gasteiger partial charge in [-0.05, 0) is 32.3 Å². The molecular formula is C16H16ClF4N3O4. The molecule has 0 spiro atoms. The summed E-state index contributed by atoms with van der Waals surface area (Å²) in [6.45, 7) is 1.73. The molecule has 12 heteroatoms. The molecule has 0 aliphatic carbocycles. The van der Waals surface area contributed by atoms with Crippen LogP contribution in [-0.4, -0.2) is 48.2 Å². The van der Waals surface area contributed by atoms with Gasteiger partial charge in [0.1, 0.15) is 18.1 Å². The second-order valence-electron chi connectivity index (χ2n) is 5.53. The van der Waals surface area contributed by atoms with E-state index in [4.69, 9.17) is 11.6 Å². The second-order valence-corrected chi connectivity index (χ2v) is 5.96. The van der Waals surface area contributed by atoms with Gasteiger partial charge in [0.2, 0.25) is 0 Å². The number of aromatic nitrogens is 2. The zero-order valence-corrected chi connectivity index (χ0v) is 15.5. The molecule has 0 amide bonds. The Kier molecular flexibility index (Phi) is 8.38. The summed E-state index contributed by atoms with van der Waals surface area (Å²) in [4.78, 5) is 36.1. The van der Waals surface area contributed by atoms with E-state index in [2.05, 4.69) is 4.74 Å². The van der Waals surface area contributed by atoms with Crippen molar-refractivity contribution in [2.75, 3.05) is 27.2 Å². The molecule has 1 heterocycles. The second kappa shape index (κ2) is 10.0. The molecule has 0 saturated heterocycles. The van der Waals surface area contributed by atoms with Crippen LogP contribution in [0.1, 0.15) is 5.69 Å². The Bertz CT molecular complexity index is 894. The third-order valence-corrected chi connectivity index (χ3v) is 3.35. The molecule has 154 valence electrons. The van der Waals surface area contributed by atoms with Crippen molar-refractivity contribution in [3.8, 4) is 5.69 Å². The van der Waals surface area contributed by atoms with E-state index in [9.17, 15) is 31.9 Å². The minimum Gasteiger partial charge on any atom is -0.467 e. The molecule has 0 fully saturated rings. The number of benzene rings is 1. The van der Waals surface area contributed by atoms with Crippen molar-refractivity contribution in [3.63, 3.8) is 0 Å². The van der Waals surface area contributed by atoms with E-state index in [1.807, 2.05) is 19.0 Å². The highest BCUT2D eigenvalue weighted by molar-refractivity contribution is 6.30. The fourth-order valence-corrected chi connectivity index (χ4v) is 1.98. The first-order chi connectivity index (χ1) is 13.0. The van der Waals surface area contributed by atoms with Gasteiger partial charge in [0.05, 0.1) is 5.69 Å². The number of nitrogens with zero attached hydrogens (tertiary/aromatic N) is 2. The van der Waals surface area contributed by atoms with Crippen molar-refractivity contribution < 1.29 is 27.1 Å². The van der Waals surface area contributed by atoms with Crippen LogP contribution >= 0.6 is 11.6 Å². The van der Waals surface area contributed by atoms with Crippen molar-refractivity contribution in [3.05, 3.63) is 61.6 Å². The zero-order chi connectivity index (χ0) is 21.5. The maximum absolute atomic E-state index is 13.6. The predicted molar refractivity (Wildman–Crippen MR) is 93.2 cm³/mol. The number of carbonyl (C=O) groups is 1. The molecule has 0 atom stereocenters. The molecule has 0 unspecified atom stereocenters. The summed E-state index contributed by atoms with van der Waals surface area (Å²) in [6, 6.07) is 3.22. The van der Waals surface area contributed by atoms with Crippen LogP contribution in [-0.2, 0) is 15.7 Å².